The highest BCUT2D eigenvalue weighted by atomic mass is 16.2. The molecule has 1 aliphatic rings. The summed E-state index contributed by atoms with van der Waals surface area (Å²) in [5, 5.41) is 19.7. The molecule has 5 nitrogen and oxygen atoms in total. The number of benzene rings is 1. The first-order chi connectivity index (χ1) is 11.4. The van der Waals surface area contributed by atoms with Crippen LogP contribution in [0.15, 0.2) is 36.9 Å². The van der Waals surface area contributed by atoms with Gasteiger partial charge in [-0.3, -0.25) is 9.59 Å². The predicted octanol–water partition coefficient (Wildman–Crippen LogP) is 2.88. The maximum atomic E-state index is 13.3. The number of ketones is 1. The zero-order chi connectivity index (χ0) is 18.0. The average Bonchev–Trinajstić information content (AvgIpc) is 2.81. The van der Waals surface area contributed by atoms with E-state index in [0.29, 0.717) is 17.8 Å². The molecule has 1 heterocycles. The van der Waals surface area contributed by atoms with Gasteiger partial charge < -0.3 is 4.90 Å². The van der Waals surface area contributed by atoms with Crippen molar-refractivity contribution < 1.29 is 9.59 Å². The number of carbonyl (C=O) groups is 2. The van der Waals surface area contributed by atoms with E-state index in [-0.39, 0.29) is 24.5 Å². The van der Waals surface area contributed by atoms with Gasteiger partial charge >= 0.3 is 0 Å². The molecule has 1 aliphatic heterocycles. The Kier molecular flexibility index (Phi) is 4.57. The maximum Gasteiger partial charge on any atom is 0.240 e. The second-order valence-corrected chi connectivity index (χ2v) is 5.97. The molecule has 0 saturated heterocycles. The molecule has 0 N–H and O–H groups in total. The van der Waals surface area contributed by atoms with Gasteiger partial charge in [0, 0.05) is 18.7 Å². The number of rotatable bonds is 6. The van der Waals surface area contributed by atoms with Gasteiger partial charge in [-0.1, -0.05) is 24.3 Å². The van der Waals surface area contributed by atoms with Crippen LogP contribution in [0.5, 0.6) is 0 Å². The van der Waals surface area contributed by atoms with Gasteiger partial charge in [-0.05, 0) is 31.9 Å². The van der Waals surface area contributed by atoms with Crippen molar-refractivity contribution in [2.24, 2.45) is 5.41 Å². The predicted molar refractivity (Wildman–Crippen MR) is 89.9 cm³/mol. The Morgan fingerprint density at radius 1 is 1.38 bits per heavy atom. The molecule has 24 heavy (non-hydrogen) atoms. The third-order valence-corrected chi connectivity index (χ3v) is 4.66. The summed E-state index contributed by atoms with van der Waals surface area (Å²) in [7, 11) is 0. The van der Waals surface area contributed by atoms with Gasteiger partial charge in [0.15, 0.2) is 5.41 Å². The first kappa shape index (κ1) is 17.4. The highest BCUT2D eigenvalue weighted by molar-refractivity contribution is 6.11. The number of likely N-dealkylation sites (N-methyl/N-ethyl adjacent to an activating group) is 1. The molecule has 0 aromatic heterocycles. The smallest absolute Gasteiger partial charge is 0.240 e. The molecule has 0 radical (unpaired) electrons. The number of carbonyl (C=O) groups excluding carboxylic acids is 2. The number of para-hydroxylation sites is 1. The molecule has 1 unspecified atom stereocenters. The maximum absolute atomic E-state index is 13.3. The van der Waals surface area contributed by atoms with Gasteiger partial charge in [0.2, 0.25) is 5.91 Å². The van der Waals surface area contributed by atoms with E-state index < -0.39 is 10.8 Å². The van der Waals surface area contributed by atoms with Gasteiger partial charge in [-0.25, -0.2) is 0 Å². The minimum Gasteiger partial charge on any atom is -0.312 e. The second kappa shape index (κ2) is 6.29. The summed E-state index contributed by atoms with van der Waals surface area (Å²) >= 11 is 0. The molecule has 0 saturated carbocycles. The lowest BCUT2D eigenvalue weighted by molar-refractivity contribution is -0.130. The van der Waals surface area contributed by atoms with E-state index in [4.69, 9.17) is 0 Å². The molecular weight excluding hydrogens is 302 g/mol. The van der Waals surface area contributed by atoms with Crippen molar-refractivity contribution >= 4 is 17.4 Å². The summed E-state index contributed by atoms with van der Waals surface area (Å²) in [5.41, 5.74) is -1.97. The Morgan fingerprint density at radius 2 is 2.00 bits per heavy atom. The van der Waals surface area contributed by atoms with Crippen molar-refractivity contribution in [3.8, 4) is 12.1 Å². The lowest BCUT2D eigenvalue weighted by Crippen LogP contribution is -2.52. The fourth-order valence-electron chi connectivity index (χ4n) is 3.64. The normalized spacial score (nSPS) is 19.3. The van der Waals surface area contributed by atoms with Crippen molar-refractivity contribution in [1.29, 1.82) is 10.5 Å². The largest absolute Gasteiger partial charge is 0.312 e. The summed E-state index contributed by atoms with van der Waals surface area (Å²) in [6, 6.07) is 11.2. The molecule has 122 valence electrons. The number of nitrogens with zero attached hydrogens (tertiary/aromatic N) is 3. The van der Waals surface area contributed by atoms with Crippen molar-refractivity contribution in [3.05, 3.63) is 42.5 Å². The molecule has 2 rings (SSSR count). The number of hydrogen-bond donors (Lipinski definition) is 0. The molecule has 5 heteroatoms. The van der Waals surface area contributed by atoms with Crippen molar-refractivity contribution in [2.75, 3.05) is 11.4 Å². The minimum absolute atomic E-state index is 0.00487. The van der Waals surface area contributed by atoms with Crippen molar-refractivity contribution in [1.82, 2.24) is 0 Å². The number of nitriles is 2. The monoisotopic (exact) mass is 321 g/mol. The van der Waals surface area contributed by atoms with E-state index >= 15 is 0 Å². The summed E-state index contributed by atoms with van der Waals surface area (Å²) in [5.74, 6) is -0.610. The van der Waals surface area contributed by atoms with Crippen LogP contribution in [-0.2, 0) is 15.0 Å². The zero-order valence-electron chi connectivity index (χ0n) is 13.9. The van der Waals surface area contributed by atoms with Crippen LogP contribution in [0.4, 0.5) is 5.69 Å². The lowest BCUT2D eigenvalue weighted by Gasteiger charge is -2.37. The number of allylic oxidation sites excluding steroid dienone is 1. The van der Waals surface area contributed by atoms with Crippen LogP contribution in [0, 0.1) is 28.1 Å². The van der Waals surface area contributed by atoms with E-state index in [1.807, 2.05) is 19.1 Å². The Morgan fingerprint density at radius 3 is 2.50 bits per heavy atom. The lowest BCUT2D eigenvalue weighted by atomic mass is 9.58. The first-order valence-electron chi connectivity index (χ1n) is 7.78. The van der Waals surface area contributed by atoms with E-state index in [2.05, 4.69) is 6.58 Å². The summed E-state index contributed by atoms with van der Waals surface area (Å²) < 4.78 is 0. The van der Waals surface area contributed by atoms with Gasteiger partial charge in [-0.15, -0.1) is 6.58 Å². The van der Waals surface area contributed by atoms with Crippen LogP contribution in [0.25, 0.3) is 0 Å². The summed E-state index contributed by atoms with van der Waals surface area (Å²) in [6.45, 7) is 7.23. The summed E-state index contributed by atoms with van der Waals surface area (Å²) in [4.78, 5) is 26.9. The van der Waals surface area contributed by atoms with Crippen LogP contribution >= 0.6 is 0 Å². The molecule has 1 aromatic carbocycles. The number of hydrogen-bond acceptors (Lipinski definition) is 4. The minimum atomic E-state index is -1.68. The number of amides is 1. The molecule has 0 fully saturated rings. The van der Waals surface area contributed by atoms with Crippen LogP contribution in [0.1, 0.15) is 32.3 Å². The summed E-state index contributed by atoms with van der Waals surface area (Å²) in [6.07, 6.45) is 1.28. The molecule has 0 aliphatic carbocycles. The number of Topliss-reactive ketones (excluding diaryl/α,β-unsaturated/α-hetero) is 1. The van der Waals surface area contributed by atoms with Crippen LogP contribution in [0.3, 0.4) is 0 Å². The number of anilines is 1. The third-order valence-electron chi connectivity index (χ3n) is 4.66. The Hall–Kier alpha value is -2.92. The number of fused-ring (bicyclic) bond motifs is 1. The van der Waals surface area contributed by atoms with Gasteiger partial charge in [0.05, 0.1) is 12.1 Å². The molecule has 1 aromatic rings. The third kappa shape index (κ3) is 2.13. The SMILES string of the molecule is C=CCC(C#N)(C#N)C1(CC(C)=O)C(=O)N(CC)c2ccccc21. The van der Waals surface area contributed by atoms with Crippen LogP contribution in [-0.4, -0.2) is 18.2 Å². The topological polar surface area (TPSA) is 85.0 Å². The van der Waals surface area contributed by atoms with E-state index in [1.165, 1.54) is 13.0 Å². The average molecular weight is 321 g/mol. The van der Waals surface area contributed by atoms with Crippen molar-refractivity contribution in [2.45, 2.75) is 32.1 Å². The molecule has 0 bridgehead atoms. The highest BCUT2D eigenvalue weighted by Crippen LogP contribution is 2.55. The van der Waals surface area contributed by atoms with Gasteiger partial charge in [-0.2, -0.15) is 10.5 Å². The Labute approximate surface area is 141 Å². The Balaban J connectivity index is 2.90. The van der Waals surface area contributed by atoms with Crippen LogP contribution < -0.4 is 4.90 Å². The molecule has 0 spiro atoms. The zero-order valence-corrected chi connectivity index (χ0v) is 13.9. The van der Waals surface area contributed by atoms with Gasteiger partial charge in [0.1, 0.15) is 11.2 Å². The van der Waals surface area contributed by atoms with Gasteiger partial charge in [0.25, 0.3) is 0 Å². The van der Waals surface area contributed by atoms with Crippen molar-refractivity contribution in [3.63, 3.8) is 0 Å². The second-order valence-electron chi connectivity index (χ2n) is 5.97. The van der Waals surface area contributed by atoms with E-state index in [1.54, 1.807) is 29.2 Å². The van der Waals surface area contributed by atoms with Crippen LogP contribution in [0.2, 0.25) is 0 Å². The molecule has 1 atom stereocenters. The fraction of sp³-hybridized carbons (Fsp3) is 0.368. The highest BCUT2D eigenvalue weighted by Gasteiger charge is 2.64. The standard InChI is InChI=1S/C19H19N3O2/c1-4-10-18(12-20,13-21)19(11-14(3)23)15-8-6-7-9-16(15)22(5-2)17(19)24/h4,6-9H,1,5,10-11H2,2-3H3. The molecule has 1 amide bonds. The van der Waals surface area contributed by atoms with E-state index in [0.717, 1.165) is 0 Å². The first-order valence-corrected chi connectivity index (χ1v) is 7.78. The Bertz CT molecular complexity index is 771. The molecular formula is C19H19N3O2. The quantitative estimate of drug-likeness (QED) is 0.754. The van der Waals surface area contributed by atoms with E-state index in [9.17, 15) is 20.1 Å². The fourth-order valence-corrected chi connectivity index (χ4v) is 3.64.